The second-order valence-electron chi connectivity index (χ2n) is 6.54. The molecule has 0 aliphatic carbocycles. The number of rotatable bonds is 6. The van der Waals surface area contributed by atoms with Gasteiger partial charge in [0.2, 0.25) is 10.0 Å². The molecule has 0 radical (unpaired) electrons. The first-order valence-corrected chi connectivity index (χ1v) is 12.6. The topological polar surface area (TPSA) is 106 Å². The Morgan fingerprint density at radius 2 is 1.66 bits per heavy atom. The van der Waals surface area contributed by atoms with Crippen molar-refractivity contribution in [2.45, 2.75) is 22.6 Å². The molecule has 0 bridgehead atoms. The van der Waals surface area contributed by atoms with Gasteiger partial charge in [-0.05, 0) is 55.3 Å². The number of aromatic nitrogens is 1. The fourth-order valence-electron chi connectivity index (χ4n) is 3.12. The molecule has 1 saturated heterocycles. The molecule has 2 heterocycles. The number of sulfonamides is 2. The molecule has 29 heavy (non-hydrogen) atoms. The number of hydrogen-bond donors (Lipinski definition) is 1. The van der Waals surface area contributed by atoms with E-state index in [4.69, 9.17) is 4.74 Å². The Morgan fingerprint density at radius 1 is 1.00 bits per heavy atom. The summed E-state index contributed by atoms with van der Waals surface area (Å²) >= 11 is 1.09. The third-order valence-electron chi connectivity index (χ3n) is 4.65. The Balaban J connectivity index is 1.62. The van der Waals surface area contributed by atoms with Gasteiger partial charge < -0.3 is 4.74 Å². The van der Waals surface area contributed by atoms with Crippen LogP contribution in [0.3, 0.4) is 0 Å². The SMILES string of the molecule is COc1ccc(S(=O)(=O)Nc2nc3ccc(S(=O)(=O)N4CCCC4)cc3s2)cc1. The van der Waals surface area contributed by atoms with Crippen LogP contribution in [0.15, 0.2) is 52.3 Å². The van der Waals surface area contributed by atoms with Crippen molar-refractivity contribution in [2.24, 2.45) is 0 Å². The lowest BCUT2D eigenvalue weighted by Gasteiger charge is -2.15. The Bertz CT molecular complexity index is 1250. The van der Waals surface area contributed by atoms with Crippen LogP contribution in [0.4, 0.5) is 5.13 Å². The second kappa shape index (κ2) is 7.56. The van der Waals surface area contributed by atoms with Crippen molar-refractivity contribution in [2.75, 3.05) is 24.9 Å². The fraction of sp³-hybridized carbons (Fsp3) is 0.278. The summed E-state index contributed by atoms with van der Waals surface area (Å²) in [5, 5.41) is 0.173. The van der Waals surface area contributed by atoms with E-state index in [1.807, 2.05) is 0 Å². The van der Waals surface area contributed by atoms with Crippen LogP contribution < -0.4 is 9.46 Å². The smallest absolute Gasteiger partial charge is 0.263 e. The van der Waals surface area contributed by atoms with Gasteiger partial charge in [-0.15, -0.1) is 0 Å². The van der Waals surface area contributed by atoms with Gasteiger partial charge in [0.25, 0.3) is 10.0 Å². The maximum atomic E-state index is 12.7. The van der Waals surface area contributed by atoms with E-state index in [2.05, 4.69) is 9.71 Å². The molecule has 154 valence electrons. The molecule has 2 aromatic carbocycles. The first-order chi connectivity index (χ1) is 13.8. The Labute approximate surface area is 173 Å². The standard InChI is InChI=1S/C18H19N3O5S3/c1-26-13-4-6-14(7-5-13)28(22,23)20-18-19-16-9-8-15(12-17(16)27-18)29(24,25)21-10-2-3-11-21/h4-9,12H,2-3,10-11H2,1H3,(H,19,20). The maximum absolute atomic E-state index is 12.7. The fourth-order valence-corrected chi connectivity index (χ4v) is 6.87. The number of ether oxygens (including phenoxy) is 1. The number of fused-ring (bicyclic) bond motifs is 1. The molecule has 0 saturated carbocycles. The summed E-state index contributed by atoms with van der Waals surface area (Å²) in [5.41, 5.74) is 0.530. The highest BCUT2D eigenvalue weighted by molar-refractivity contribution is 7.93. The van der Waals surface area contributed by atoms with Gasteiger partial charge in [-0.2, -0.15) is 4.31 Å². The first kappa shape index (κ1) is 20.1. The number of nitrogens with zero attached hydrogens (tertiary/aromatic N) is 2. The van der Waals surface area contributed by atoms with Crippen LogP contribution >= 0.6 is 11.3 Å². The molecule has 4 rings (SSSR count). The zero-order valence-electron chi connectivity index (χ0n) is 15.5. The minimum absolute atomic E-state index is 0.0786. The van der Waals surface area contributed by atoms with Gasteiger partial charge in [0, 0.05) is 13.1 Å². The predicted molar refractivity (Wildman–Crippen MR) is 111 cm³/mol. The van der Waals surface area contributed by atoms with Gasteiger partial charge in [-0.1, -0.05) is 11.3 Å². The van der Waals surface area contributed by atoms with Crippen molar-refractivity contribution in [1.29, 1.82) is 0 Å². The van der Waals surface area contributed by atoms with Gasteiger partial charge in [-0.25, -0.2) is 21.8 Å². The van der Waals surface area contributed by atoms with Crippen molar-refractivity contribution in [3.05, 3.63) is 42.5 Å². The molecule has 11 heteroatoms. The molecule has 8 nitrogen and oxygen atoms in total. The minimum Gasteiger partial charge on any atom is -0.497 e. The molecule has 0 atom stereocenters. The summed E-state index contributed by atoms with van der Waals surface area (Å²) in [6.45, 7) is 1.05. The van der Waals surface area contributed by atoms with Gasteiger partial charge in [0.1, 0.15) is 5.75 Å². The molecular weight excluding hydrogens is 434 g/mol. The monoisotopic (exact) mass is 453 g/mol. The average molecular weight is 454 g/mol. The maximum Gasteiger partial charge on any atom is 0.263 e. The number of hydrogen-bond acceptors (Lipinski definition) is 7. The number of methoxy groups -OCH3 is 1. The van der Waals surface area contributed by atoms with Crippen LogP contribution in [0, 0.1) is 0 Å². The third kappa shape index (κ3) is 3.95. The number of thiazole rings is 1. The summed E-state index contributed by atoms with van der Waals surface area (Å²) in [6, 6.07) is 10.7. The van der Waals surface area contributed by atoms with E-state index >= 15 is 0 Å². The highest BCUT2D eigenvalue weighted by Gasteiger charge is 2.27. The molecule has 1 fully saturated rings. The summed E-state index contributed by atoms with van der Waals surface area (Å²) in [4.78, 5) is 4.55. The Kier molecular flexibility index (Phi) is 5.23. The van der Waals surface area contributed by atoms with E-state index in [1.54, 1.807) is 24.3 Å². The van der Waals surface area contributed by atoms with Crippen molar-refractivity contribution < 1.29 is 21.6 Å². The van der Waals surface area contributed by atoms with E-state index in [-0.39, 0.29) is 14.9 Å². The van der Waals surface area contributed by atoms with Gasteiger partial charge >= 0.3 is 0 Å². The summed E-state index contributed by atoms with van der Waals surface area (Å²) in [6.07, 6.45) is 1.72. The van der Waals surface area contributed by atoms with Crippen LogP contribution in [0.5, 0.6) is 5.75 Å². The van der Waals surface area contributed by atoms with Crippen LogP contribution in [0.25, 0.3) is 10.2 Å². The molecule has 1 aliphatic heterocycles. The van der Waals surface area contributed by atoms with Crippen LogP contribution in [0.2, 0.25) is 0 Å². The summed E-state index contributed by atoms with van der Waals surface area (Å²) in [5.74, 6) is 0.552. The molecule has 1 N–H and O–H groups in total. The minimum atomic E-state index is -3.82. The Morgan fingerprint density at radius 3 is 2.31 bits per heavy atom. The highest BCUT2D eigenvalue weighted by Crippen LogP contribution is 2.31. The van der Waals surface area contributed by atoms with Gasteiger partial charge in [0.15, 0.2) is 5.13 Å². The zero-order valence-corrected chi connectivity index (χ0v) is 18.0. The second-order valence-corrected chi connectivity index (χ2v) is 11.2. The normalized spacial score (nSPS) is 15.6. The largest absolute Gasteiger partial charge is 0.497 e. The van der Waals surface area contributed by atoms with Crippen LogP contribution in [-0.4, -0.2) is 46.3 Å². The molecule has 3 aromatic rings. The lowest BCUT2D eigenvalue weighted by Crippen LogP contribution is -2.27. The number of nitrogens with one attached hydrogen (secondary N) is 1. The highest BCUT2D eigenvalue weighted by atomic mass is 32.2. The van der Waals surface area contributed by atoms with Gasteiger partial charge in [-0.3, -0.25) is 4.72 Å². The third-order valence-corrected chi connectivity index (χ3v) is 8.97. The summed E-state index contributed by atoms with van der Waals surface area (Å²) in [7, 11) is -5.86. The van der Waals surface area contributed by atoms with Crippen LogP contribution in [0.1, 0.15) is 12.8 Å². The number of benzene rings is 2. The lowest BCUT2D eigenvalue weighted by molar-refractivity contribution is 0.414. The molecule has 0 amide bonds. The van der Waals surface area contributed by atoms with Crippen molar-refractivity contribution in [1.82, 2.24) is 9.29 Å². The van der Waals surface area contributed by atoms with Gasteiger partial charge in [0.05, 0.1) is 27.1 Å². The lowest BCUT2D eigenvalue weighted by atomic mass is 10.3. The molecule has 1 aromatic heterocycles. The molecular formula is C18H19N3O5S3. The molecule has 0 unspecified atom stereocenters. The number of anilines is 1. The quantitative estimate of drug-likeness (QED) is 0.615. The molecule has 1 aliphatic rings. The van der Waals surface area contributed by atoms with E-state index < -0.39 is 20.0 Å². The first-order valence-electron chi connectivity index (χ1n) is 8.87. The predicted octanol–water partition coefficient (Wildman–Crippen LogP) is 2.89. The van der Waals surface area contributed by atoms with Crippen molar-refractivity contribution in [3.63, 3.8) is 0 Å². The van der Waals surface area contributed by atoms with Crippen molar-refractivity contribution in [3.8, 4) is 5.75 Å². The van der Waals surface area contributed by atoms with Crippen molar-refractivity contribution >= 4 is 46.7 Å². The summed E-state index contributed by atoms with van der Waals surface area (Å²) < 4.78 is 60.2. The average Bonchev–Trinajstić information content (AvgIpc) is 3.37. The Hall–Kier alpha value is -2.21. The van der Waals surface area contributed by atoms with E-state index in [0.29, 0.717) is 29.1 Å². The van der Waals surface area contributed by atoms with E-state index in [1.165, 1.54) is 29.6 Å². The van der Waals surface area contributed by atoms with E-state index in [0.717, 1.165) is 24.2 Å². The zero-order chi connectivity index (χ0) is 20.6. The van der Waals surface area contributed by atoms with E-state index in [9.17, 15) is 16.8 Å². The van der Waals surface area contributed by atoms with Crippen LogP contribution in [-0.2, 0) is 20.0 Å². The molecule has 0 spiro atoms.